The Kier molecular flexibility index (Phi) is 10.1. The smallest absolute Gasteiger partial charge is 0.361 e. The van der Waals surface area contributed by atoms with E-state index >= 15 is 0 Å². The zero-order valence-corrected chi connectivity index (χ0v) is 19.9. The second kappa shape index (κ2) is 12.5. The predicted molar refractivity (Wildman–Crippen MR) is 129 cm³/mol. The summed E-state index contributed by atoms with van der Waals surface area (Å²) in [5.41, 5.74) is 1.11. The highest BCUT2D eigenvalue weighted by Gasteiger charge is 2.13. The summed E-state index contributed by atoms with van der Waals surface area (Å²) in [6, 6.07) is 11.9. The lowest BCUT2D eigenvalue weighted by molar-refractivity contribution is -0.385. The first-order valence-corrected chi connectivity index (χ1v) is 12.7. The molecule has 30 heavy (non-hydrogen) atoms. The molecule has 0 aromatic heterocycles. The van der Waals surface area contributed by atoms with E-state index < -0.39 is 9.85 Å². The van der Waals surface area contributed by atoms with Gasteiger partial charge in [-0.25, -0.2) is 0 Å². The van der Waals surface area contributed by atoms with Crippen molar-refractivity contribution in [1.82, 2.24) is 4.17 Å². The summed E-state index contributed by atoms with van der Waals surface area (Å²) >= 11 is 10.1. The molecule has 16 heteroatoms. The van der Waals surface area contributed by atoms with Gasteiger partial charge in [-0.2, -0.15) is 4.52 Å². The van der Waals surface area contributed by atoms with Crippen molar-refractivity contribution < 1.29 is 9.85 Å². The fourth-order valence-corrected chi connectivity index (χ4v) is 5.83. The van der Waals surface area contributed by atoms with Gasteiger partial charge in [-0.05, 0) is 48.3 Å². The number of nitro benzene ring substituents is 2. The van der Waals surface area contributed by atoms with Crippen LogP contribution in [0.2, 0.25) is 0 Å². The average molecular weight is 515 g/mol. The maximum Gasteiger partial charge on any atom is 0.430 e. The van der Waals surface area contributed by atoms with E-state index in [9.17, 15) is 20.2 Å². The minimum absolute atomic E-state index is 0.00354. The lowest BCUT2D eigenvalue weighted by Crippen LogP contribution is -2.05. The number of anilines is 2. The van der Waals surface area contributed by atoms with Crippen molar-refractivity contribution in [2.45, 2.75) is 5.52 Å². The van der Waals surface area contributed by atoms with Crippen LogP contribution in [0.15, 0.2) is 53.0 Å². The van der Waals surface area contributed by atoms with E-state index in [4.69, 9.17) is 24.0 Å². The summed E-state index contributed by atoms with van der Waals surface area (Å²) in [5.74, 6) is 0. The molecular weight excluding hydrogens is 504 g/mol. The van der Waals surface area contributed by atoms with Crippen LogP contribution in [-0.4, -0.2) is 20.1 Å². The van der Waals surface area contributed by atoms with Crippen molar-refractivity contribution in [3.8, 4) is 0 Å². The molecule has 1 atom stereocenters. The largest absolute Gasteiger partial charge is 0.430 e. The molecule has 2 aromatic rings. The lowest BCUT2D eigenvalue weighted by Gasteiger charge is -2.05. The zero-order valence-electron chi connectivity index (χ0n) is 14.7. The second-order valence-electron chi connectivity index (χ2n) is 5.15. The highest BCUT2D eigenvalue weighted by atomic mass is 32.4. The maximum atomic E-state index is 10.7. The summed E-state index contributed by atoms with van der Waals surface area (Å²) in [7, 11) is 2.31. The van der Waals surface area contributed by atoms with E-state index in [1.54, 1.807) is 24.3 Å². The number of nitrogens with zero attached hydrogens (tertiary/aromatic N) is 4. The topological polar surface area (TPSA) is 137 Å². The molecule has 2 rings (SSSR count). The fourth-order valence-electron chi connectivity index (χ4n) is 1.91. The first kappa shape index (κ1) is 24.1. The Morgan fingerprint density at radius 2 is 1.53 bits per heavy atom. The third-order valence-corrected chi connectivity index (χ3v) is 7.29. The summed E-state index contributed by atoms with van der Waals surface area (Å²) in [6.45, 7) is 0. The second-order valence-corrected chi connectivity index (χ2v) is 10.5. The van der Waals surface area contributed by atoms with Gasteiger partial charge in [-0.15, -0.1) is 0 Å². The van der Waals surface area contributed by atoms with Crippen LogP contribution in [0.4, 0.5) is 22.7 Å². The molecule has 0 aliphatic rings. The van der Waals surface area contributed by atoms with Gasteiger partial charge < -0.3 is 10.6 Å². The van der Waals surface area contributed by atoms with Gasteiger partial charge in [0.25, 0.3) is 11.4 Å². The quantitative estimate of drug-likeness (QED) is 0.129. The van der Waals surface area contributed by atoms with Crippen LogP contribution in [0.5, 0.6) is 0 Å². The molecule has 0 aliphatic carbocycles. The zero-order chi connectivity index (χ0) is 21.9. The monoisotopic (exact) mass is 515 g/mol. The number of nitrogens with one attached hydrogen (secondary N) is 2. The molecule has 1 unspecified atom stereocenters. The van der Waals surface area contributed by atoms with Crippen molar-refractivity contribution in [2.75, 3.05) is 10.6 Å². The summed E-state index contributed by atoms with van der Waals surface area (Å²) in [6.07, 6.45) is 0. The number of nitro groups is 2. The molecular formula is C14H11N6O4P4S2+. The fraction of sp³-hybridized carbons (Fsp3) is 0.0714. The minimum atomic E-state index is -0.473. The van der Waals surface area contributed by atoms with Crippen molar-refractivity contribution in [1.29, 1.82) is 0 Å². The van der Waals surface area contributed by atoms with Gasteiger partial charge >= 0.3 is 16.7 Å². The van der Waals surface area contributed by atoms with Gasteiger partial charge in [0.1, 0.15) is 7.51 Å². The van der Waals surface area contributed by atoms with Crippen molar-refractivity contribution >= 4 is 84.1 Å². The summed E-state index contributed by atoms with van der Waals surface area (Å²) < 4.78 is 8.91. The Balaban J connectivity index is 2.04. The Morgan fingerprint density at radius 3 is 2.03 bits per heavy atom. The van der Waals surface area contributed by atoms with E-state index in [0.29, 0.717) is 48.7 Å². The van der Waals surface area contributed by atoms with E-state index in [2.05, 4.69) is 19.3 Å². The molecule has 0 saturated carbocycles. The van der Waals surface area contributed by atoms with Crippen molar-refractivity contribution in [3.05, 3.63) is 68.8 Å². The molecule has 0 amide bonds. The van der Waals surface area contributed by atoms with Gasteiger partial charge in [0.2, 0.25) is 10.3 Å². The molecule has 0 saturated heterocycles. The molecule has 152 valence electrons. The highest BCUT2D eigenvalue weighted by Crippen LogP contribution is 2.27. The summed E-state index contributed by atoms with van der Waals surface area (Å²) in [5, 5.41) is 27.6. The number of rotatable bonds is 9. The van der Waals surface area contributed by atoms with E-state index in [1.165, 1.54) is 24.3 Å². The van der Waals surface area contributed by atoms with Crippen LogP contribution >= 0.6 is 44.8 Å². The lowest BCUT2D eigenvalue weighted by atomic mass is 10.3. The Labute approximate surface area is 187 Å². The molecule has 10 nitrogen and oxygen atoms in total. The van der Waals surface area contributed by atoms with E-state index in [1.807, 2.05) is 0 Å². The van der Waals surface area contributed by atoms with Gasteiger partial charge in [-0.1, -0.05) is 4.17 Å². The Morgan fingerprint density at radius 1 is 1.00 bits per heavy atom. The van der Waals surface area contributed by atoms with Crippen LogP contribution in [0.1, 0.15) is 0 Å². The van der Waals surface area contributed by atoms with E-state index in [0.717, 1.165) is 0 Å². The van der Waals surface area contributed by atoms with Gasteiger partial charge in [-0.3, -0.25) is 20.2 Å². The maximum absolute atomic E-state index is 10.7. The Hall–Kier alpha value is -2.14. The third-order valence-electron chi connectivity index (χ3n) is 3.20. The van der Waals surface area contributed by atoms with Crippen LogP contribution in [0.3, 0.4) is 0 Å². The normalized spacial score (nSPS) is 11.9. The molecule has 0 bridgehead atoms. The van der Waals surface area contributed by atoms with Gasteiger partial charge in [0, 0.05) is 35.6 Å². The van der Waals surface area contributed by atoms with Crippen LogP contribution < -0.4 is 14.8 Å². The minimum Gasteiger partial charge on any atom is -0.361 e. The van der Waals surface area contributed by atoms with Crippen LogP contribution in [-0.2, 0) is 11.8 Å². The molecule has 0 aliphatic heterocycles. The number of hydrogen-bond acceptors (Lipinski definition) is 7. The molecule has 0 fully saturated rings. The standard InChI is InChI=1S/C14H10N6O4P4S2/c21-19(22)11-5-1-9(2-6-11)15-13(26-18-28-30)25-17-27-14(29)16-10-3-7-12(8-4-10)20(23)24/h1-8,13,15H/p+1. The molecule has 2 aromatic carbocycles. The number of thiocarbonyl (C=S) groups is 1. The number of hydrogen-bond donors (Lipinski definition) is 2. The number of non-ortho nitro benzene ring substituents is 2. The van der Waals surface area contributed by atoms with Crippen LogP contribution in [0.25, 0.3) is 0 Å². The average Bonchev–Trinajstić information content (AvgIpc) is 2.72. The molecule has 0 heterocycles. The van der Waals surface area contributed by atoms with Crippen molar-refractivity contribution in [2.24, 2.45) is 4.52 Å². The first-order chi connectivity index (χ1) is 14.4. The first-order valence-electron chi connectivity index (χ1n) is 7.79. The molecule has 0 radical (unpaired) electrons. The predicted octanol–water partition coefficient (Wildman–Crippen LogP) is 6.38. The summed E-state index contributed by atoms with van der Waals surface area (Å²) in [4.78, 5) is 20.5. The Bertz CT molecular complexity index is 1050. The van der Waals surface area contributed by atoms with Crippen molar-refractivity contribution in [3.63, 3.8) is 0 Å². The highest BCUT2D eigenvalue weighted by molar-refractivity contribution is 7.96. The van der Waals surface area contributed by atoms with E-state index in [-0.39, 0.29) is 16.9 Å². The third kappa shape index (κ3) is 8.31. The SMILES string of the molecule is O=[N+]([O-])c1ccc(NC(=S)P=[N+]=PC(Nc2ccc([N+](=O)[O-])cc2)P=NP=S)cc1. The van der Waals surface area contributed by atoms with Gasteiger partial charge in [0.05, 0.1) is 18.2 Å². The van der Waals surface area contributed by atoms with Crippen LogP contribution in [0, 0.1) is 20.2 Å². The molecule has 0 spiro atoms. The molecule has 2 N–H and O–H groups in total. The number of benzene rings is 2. The van der Waals surface area contributed by atoms with Gasteiger partial charge in [0.15, 0.2) is 0 Å².